The second kappa shape index (κ2) is 10.0. The molecule has 2 rings (SSSR count). The minimum atomic E-state index is -0.547. The van der Waals surface area contributed by atoms with E-state index in [0.717, 1.165) is 28.9 Å². The normalized spacial score (nSPS) is 12.8. The molecule has 0 bridgehead atoms. The van der Waals surface area contributed by atoms with Crippen molar-refractivity contribution in [1.82, 2.24) is 5.32 Å². The molecule has 0 aliphatic heterocycles. The van der Waals surface area contributed by atoms with Gasteiger partial charge in [0.05, 0.1) is 20.3 Å². The van der Waals surface area contributed by atoms with Crippen molar-refractivity contribution in [3.8, 4) is 17.2 Å². The summed E-state index contributed by atoms with van der Waals surface area (Å²) in [6.45, 7) is 7.98. The van der Waals surface area contributed by atoms with Gasteiger partial charge in [0.25, 0.3) is 5.91 Å². The Morgan fingerprint density at radius 3 is 2.25 bits per heavy atom. The van der Waals surface area contributed by atoms with Gasteiger partial charge in [-0.05, 0) is 61.6 Å². The molecule has 5 heteroatoms. The maximum atomic E-state index is 12.9. The molecule has 0 fully saturated rings. The van der Waals surface area contributed by atoms with Crippen LogP contribution in [0.15, 0.2) is 36.4 Å². The van der Waals surface area contributed by atoms with Crippen molar-refractivity contribution in [2.45, 2.75) is 52.7 Å². The molecule has 0 unspecified atom stereocenters. The lowest BCUT2D eigenvalue weighted by Gasteiger charge is -2.23. The van der Waals surface area contributed by atoms with Gasteiger partial charge >= 0.3 is 0 Å². The van der Waals surface area contributed by atoms with Crippen LogP contribution in [0, 0.1) is 13.8 Å². The van der Waals surface area contributed by atoms with Gasteiger partial charge in [0.1, 0.15) is 5.75 Å². The number of amides is 1. The van der Waals surface area contributed by atoms with Crippen molar-refractivity contribution in [1.29, 1.82) is 0 Å². The molecule has 0 aliphatic rings. The van der Waals surface area contributed by atoms with Gasteiger partial charge in [-0.25, -0.2) is 0 Å². The van der Waals surface area contributed by atoms with Gasteiger partial charge < -0.3 is 19.5 Å². The van der Waals surface area contributed by atoms with Crippen molar-refractivity contribution in [3.63, 3.8) is 0 Å². The van der Waals surface area contributed by atoms with E-state index in [1.807, 2.05) is 64.1 Å². The maximum Gasteiger partial charge on any atom is 0.261 e. The molecule has 0 heterocycles. The predicted molar refractivity (Wildman–Crippen MR) is 111 cm³/mol. The number of hydrogen-bond donors (Lipinski definition) is 1. The van der Waals surface area contributed by atoms with Crippen LogP contribution in [0.2, 0.25) is 0 Å². The average molecular weight is 386 g/mol. The zero-order valence-electron chi connectivity index (χ0n) is 17.7. The average Bonchev–Trinajstić information content (AvgIpc) is 2.71. The lowest BCUT2D eigenvalue weighted by atomic mass is 10.0. The van der Waals surface area contributed by atoms with Crippen LogP contribution in [0.5, 0.6) is 17.2 Å². The molecular weight excluding hydrogens is 354 g/mol. The number of hydrogen-bond acceptors (Lipinski definition) is 4. The van der Waals surface area contributed by atoms with Crippen molar-refractivity contribution in [2.75, 3.05) is 14.2 Å². The van der Waals surface area contributed by atoms with Crippen molar-refractivity contribution < 1.29 is 19.0 Å². The highest BCUT2D eigenvalue weighted by molar-refractivity contribution is 5.81. The summed E-state index contributed by atoms with van der Waals surface area (Å²) in [6.07, 6.45) is 0.789. The number of ether oxygens (including phenoxy) is 3. The molecule has 0 aromatic heterocycles. The minimum Gasteiger partial charge on any atom is -0.493 e. The van der Waals surface area contributed by atoms with Gasteiger partial charge in [0.15, 0.2) is 17.6 Å². The fourth-order valence-corrected chi connectivity index (χ4v) is 3.07. The van der Waals surface area contributed by atoms with Gasteiger partial charge in [-0.2, -0.15) is 0 Å². The largest absolute Gasteiger partial charge is 0.493 e. The lowest BCUT2D eigenvalue weighted by molar-refractivity contribution is -0.129. The quantitative estimate of drug-likeness (QED) is 0.677. The summed E-state index contributed by atoms with van der Waals surface area (Å²) in [7, 11) is 3.21. The molecule has 0 saturated carbocycles. The summed E-state index contributed by atoms with van der Waals surface area (Å²) in [5.74, 6) is 1.94. The molecule has 1 N–H and O–H groups in total. The lowest BCUT2D eigenvalue weighted by Crippen LogP contribution is -2.40. The highest BCUT2D eigenvalue weighted by Crippen LogP contribution is 2.31. The second-order valence-corrected chi connectivity index (χ2v) is 6.87. The van der Waals surface area contributed by atoms with E-state index in [9.17, 15) is 4.79 Å². The topological polar surface area (TPSA) is 56.8 Å². The smallest absolute Gasteiger partial charge is 0.261 e. The van der Waals surface area contributed by atoms with Crippen LogP contribution in [0.1, 0.15) is 49.4 Å². The number of aryl methyl sites for hydroxylation is 2. The number of rotatable bonds is 9. The molecule has 2 atom stereocenters. The van der Waals surface area contributed by atoms with E-state index in [1.165, 1.54) is 0 Å². The third-order valence-electron chi connectivity index (χ3n) is 4.81. The minimum absolute atomic E-state index is 0.120. The molecule has 0 saturated heterocycles. The van der Waals surface area contributed by atoms with Crippen molar-refractivity contribution in [2.24, 2.45) is 0 Å². The Morgan fingerprint density at radius 1 is 0.929 bits per heavy atom. The fourth-order valence-electron chi connectivity index (χ4n) is 3.07. The first-order valence-corrected chi connectivity index (χ1v) is 9.69. The van der Waals surface area contributed by atoms with E-state index in [-0.39, 0.29) is 11.9 Å². The molecule has 28 heavy (non-hydrogen) atoms. The van der Waals surface area contributed by atoms with Crippen LogP contribution in [0.4, 0.5) is 0 Å². The molecule has 152 valence electrons. The predicted octanol–water partition coefficient (Wildman–Crippen LogP) is 4.75. The SMILES string of the molecule is CC[C@H](Oc1cc(C)ccc1C)C(=O)N[C@H](CC)c1ccc(OC)c(OC)c1. The Hall–Kier alpha value is -2.69. The zero-order chi connectivity index (χ0) is 20.7. The van der Waals surface area contributed by atoms with Gasteiger partial charge in [-0.1, -0.05) is 32.0 Å². The maximum absolute atomic E-state index is 12.9. The van der Waals surface area contributed by atoms with E-state index in [0.29, 0.717) is 17.9 Å². The summed E-state index contributed by atoms with van der Waals surface area (Å²) in [4.78, 5) is 12.9. The van der Waals surface area contributed by atoms with Crippen LogP contribution in [-0.2, 0) is 4.79 Å². The Labute approximate surface area is 168 Å². The highest BCUT2D eigenvalue weighted by Gasteiger charge is 2.23. The van der Waals surface area contributed by atoms with Crippen LogP contribution in [-0.4, -0.2) is 26.2 Å². The van der Waals surface area contributed by atoms with Gasteiger partial charge in [-0.3, -0.25) is 4.79 Å². The Kier molecular flexibility index (Phi) is 7.73. The molecule has 2 aromatic rings. The summed E-state index contributed by atoms with van der Waals surface area (Å²) < 4.78 is 16.7. The van der Waals surface area contributed by atoms with E-state index >= 15 is 0 Å². The molecule has 0 aliphatic carbocycles. The Morgan fingerprint density at radius 2 is 1.64 bits per heavy atom. The summed E-state index contributed by atoms with van der Waals surface area (Å²) >= 11 is 0. The van der Waals surface area contributed by atoms with Crippen LogP contribution in [0.3, 0.4) is 0 Å². The van der Waals surface area contributed by atoms with E-state index in [2.05, 4.69) is 5.32 Å². The third kappa shape index (κ3) is 5.18. The first-order chi connectivity index (χ1) is 13.4. The molecule has 2 aromatic carbocycles. The number of carbonyl (C=O) groups is 1. The molecule has 0 spiro atoms. The second-order valence-electron chi connectivity index (χ2n) is 6.87. The van der Waals surface area contributed by atoms with E-state index in [1.54, 1.807) is 14.2 Å². The molecule has 1 amide bonds. The Balaban J connectivity index is 2.16. The standard InChI is InChI=1S/C23H31NO4/c1-7-18(17-11-12-20(26-5)22(14-17)27-6)24-23(25)19(8-2)28-21-13-15(3)9-10-16(21)4/h9-14,18-19H,7-8H2,1-6H3,(H,24,25)/t18-,19+/m1/s1. The summed E-state index contributed by atoms with van der Waals surface area (Å²) in [5, 5.41) is 3.12. The number of nitrogens with one attached hydrogen (secondary N) is 1. The van der Waals surface area contributed by atoms with E-state index < -0.39 is 6.10 Å². The monoisotopic (exact) mass is 385 g/mol. The van der Waals surface area contributed by atoms with Gasteiger partial charge in [0.2, 0.25) is 0 Å². The summed E-state index contributed by atoms with van der Waals surface area (Å²) in [5.41, 5.74) is 3.09. The molecule has 5 nitrogen and oxygen atoms in total. The number of benzene rings is 2. The van der Waals surface area contributed by atoms with E-state index in [4.69, 9.17) is 14.2 Å². The highest BCUT2D eigenvalue weighted by atomic mass is 16.5. The molecular formula is C23H31NO4. The summed E-state index contributed by atoms with van der Waals surface area (Å²) in [6, 6.07) is 11.6. The third-order valence-corrected chi connectivity index (χ3v) is 4.81. The van der Waals surface area contributed by atoms with Gasteiger partial charge in [0, 0.05) is 0 Å². The van der Waals surface area contributed by atoms with Crippen LogP contribution >= 0.6 is 0 Å². The fraction of sp³-hybridized carbons (Fsp3) is 0.435. The Bertz CT molecular complexity index is 803. The van der Waals surface area contributed by atoms with Crippen molar-refractivity contribution >= 4 is 5.91 Å². The first kappa shape index (κ1) is 21.6. The zero-order valence-corrected chi connectivity index (χ0v) is 17.7. The number of carbonyl (C=O) groups excluding carboxylic acids is 1. The number of methoxy groups -OCH3 is 2. The first-order valence-electron chi connectivity index (χ1n) is 9.69. The van der Waals surface area contributed by atoms with Crippen LogP contribution < -0.4 is 19.5 Å². The van der Waals surface area contributed by atoms with Crippen LogP contribution in [0.25, 0.3) is 0 Å². The van der Waals surface area contributed by atoms with Crippen molar-refractivity contribution in [3.05, 3.63) is 53.1 Å². The molecule has 0 radical (unpaired) electrons. The van der Waals surface area contributed by atoms with Gasteiger partial charge in [-0.15, -0.1) is 0 Å².